The molecule has 6 nitrogen and oxygen atoms in total. The summed E-state index contributed by atoms with van der Waals surface area (Å²) >= 11 is 0. The molecule has 0 saturated carbocycles. The fourth-order valence-electron chi connectivity index (χ4n) is 1.82. The predicted molar refractivity (Wildman–Crippen MR) is 52.6 cm³/mol. The molecule has 2 heterocycles. The Hall–Kier alpha value is -1.72. The summed E-state index contributed by atoms with van der Waals surface area (Å²) in [7, 11) is 3.01. The van der Waals surface area contributed by atoms with Crippen molar-refractivity contribution >= 4 is 6.09 Å². The largest absolute Gasteiger partial charge is 0.453 e. The fourth-order valence-corrected chi connectivity index (χ4v) is 1.82. The van der Waals surface area contributed by atoms with Crippen molar-refractivity contribution in [2.45, 2.75) is 13.0 Å². The van der Waals surface area contributed by atoms with Gasteiger partial charge in [0.15, 0.2) is 0 Å². The van der Waals surface area contributed by atoms with Gasteiger partial charge in [-0.25, -0.2) is 4.79 Å². The molecule has 15 heavy (non-hydrogen) atoms. The third-order valence-corrected chi connectivity index (χ3v) is 2.64. The number of nitrogens with one attached hydrogen (secondary N) is 1. The van der Waals surface area contributed by atoms with E-state index >= 15 is 0 Å². The van der Waals surface area contributed by atoms with Crippen LogP contribution in [0.5, 0.6) is 0 Å². The fraction of sp³-hybridized carbons (Fsp3) is 0.556. The van der Waals surface area contributed by atoms with E-state index in [0.717, 1.165) is 5.69 Å². The van der Waals surface area contributed by atoms with Crippen LogP contribution < -0.4 is 5.56 Å². The molecule has 1 N–H and O–H groups in total. The first-order valence-electron chi connectivity index (χ1n) is 4.73. The van der Waals surface area contributed by atoms with Gasteiger partial charge in [-0.1, -0.05) is 0 Å². The normalized spacial score (nSPS) is 14.9. The molecule has 0 spiro atoms. The van der Waals surface area contributed by atoms with Crippen molar-refractivity contribution in [1.29, 1.82) is 0 Å². The first-order valence-corrected chi connectivity index (χ1v) is 4.73. The number of H-pyrrole nitrogens is 1. The number of hydrogen-bond acceptors (Lipinski definition) is 3. The van der Waals surface area contributed by atoms with E-state index < -0.39 is 0 Å². The van der Waals surface area contributed by atoms with Crippen LogP contribution in [0.2, 0.25) is 0 Å². The molecule has 0 fully saturated rings. The number of fused-ring (bicyclic) bond motifs is 1. The lowest BCUT2D eigenvalue weighted by molar-refractivity contribution is 0.118. The minimum Gasteiger partial charge on any atom is -0.453 e. The minimum atomic E-state index is -0.385. The Balaban J connectivity index is 2.30. The smallest absolute Gasteiger partial charge is 0.409 e. The zero-order valence-electron chi connectivity index (χ0n) is 8.74. The monoisotopic (exact) mass is 211 g/mol. The van der Waals surface area contributed by atoms with Gasteiger partial charge in [-0.3, -0.25) is 14.6 Å². The summed E-state index contributed by atoms with van der Waals surface area (Å²) in [6, 6.07) is 0. The molecule has 0 saturated heterocycles. The van der Waals surface area contributed by atoms with Gasteiger partial charge >= 0.3 is 6.09 Å². The quantitative estimate of drug-likeness (QED) is 0.648. The van der Waals surface area contributed by atoms with E-state index in [1.165, 1.54) is 16.7 Å². The lowest BCUT2D eigenvalue weighted by Gasteiger charge is -2.24. The SMILES string of the molecule is COC(=O)N1CCc2[nH]n(C)c(=O)c2C1. The number of aryl methyl sites for hydroxylation is 1. The molecule has 1 aromatic rings. The van der Waals surface area contributed by atoms with Crippen molar-refractivity contribution in [3.05, 3.63) is 21.6 Å². The van der Waals surface area contributed by atoms with Gasteiger partial charge in [0.2, 0.25) is 0 Å². The molecule has 1 aliphatic heterocycles. The second kappa shape index (κ2) is 3.45. The number of carbonyl (C=O) groups excluding carboxylic acids is 1. The number of aromatic amines is 1. The van der Waals surface area contributed by atoms with Crippen LogP contribution in [0.3, 0.4) is 0 Å². The van der Waals surface area contributed by atoms with Crippen molar-refractivity contribution in [3.63, 3.8) is 0 Å². The third-order valence-electron chi connectivity index (χ3n) is 2.64. The molecule has 1 aliphatic rings. The number of rotatable bonds is 0. The van der Waals surface area contributed by atoms with Crippen molar-refractivity contribution in [2.24, 2.45) is 7.05 Å². The maximum Gasteiger partial charge on any atom is 0.409 e. The minimum absolute atomic E-state index is 0.0707. The highest BCUT2D eigenvalue weighted by atomic mass is 16.5. The predicted octanol–water partition coefficient (Wildman–Crippen LogP) is -0.162. The molecule has 1 aromatic heterocycles. The third kappa shape index (κ3) is 1.51. The molecule has 0 aliphatic carbocycles. The average Bonchev–Trinajstić information content (AvgIpc) is 2.54. The maximum absolute atomic E-state index is 11.6. The van der Waals surface area contributed by atoms with Gasteiger partial charge in [-0.05, 0) is 0 Å². The lowest BCUT2D eigenvalue weighted by Crippen LogP contribution is -2.37. The van der Waals surface area contributed by atoms with Gasteiger partial charge in [-0.15, -0.1) is 0 Å². The summed E-state index contributed by atoms with van der Waals surface area (Å²) < 4.78 is 6.06. The van der Waals surface area contributed by atoms with Crippen LogP contribution in [0.1, 0.15) is 11.3 Å². The summed E-state index contributed by atoms with van der Waals surface area (Å²) in [5.41, 5.74) is 1.51. The summed E-state index contributed by atoms with van der Waals surface area (Å²) in [4.78, 5) is 24.4. The molecule has 0 atom stereocenters. The van der Waals surface area contributed by atoms with Crippen LogP contribution in [0.25, 0.3) is 0 Å². The number of amides is 1. The van der Waals surface area contributed by atoms with E-state index in [9.17, 15) is 9.59 Å². The number of carbonyl (C=O) groups is 1. The number of ether oxygens (including phenoxy) is 1. The molecule has 0 unspecified atom stereocenters. The Morgan fingerprint density at radius 3 is 2.93 bits per heavy atom. The van der Waals surface area contributed by atoms with Crippen LogP contribution in [0, 0.1) is 0 Å². The van der Waals surface area contributed by atoms with Crippen molar-refractivity contribution in [1.82, 2.24) is 14.7 Å². The van der Waals surface area contributed by atoms with E-state index in [2.05, 4.69) is 9.84 Å². The van der Waals surface area contributed by atoms with Gasteiger partial charge in [0.25, 0.3) is 5.56 Å². The Kier molecular flexibility index (Phi) is 2.26. The van der Waals surface area contributed by atoms with Crippen LogP contribution in [0.15, 0.2) is 4.79 Å². The summed E-state index contributed by atoms with van der Waals surface area (Å²) in [5, 5.41) is 2.97. The topological polar surface area (TPSA) is 67.3 Å². The highest BCUT2D eigenvalue weighted by molar-refractivity contribution is 5.67. The molecule has 82 valence electrons. The highest BCUT2D eigenvalue weighted by Gasteiger charge is 2.25. The molecular weight excluding hydrogens is 198 g/mol. The Bertz CT molecular complexity index is 446. The van der Waals surface area contributed by atoms with E-state index in [1.54, 1.807) is 7.05 Å². The van der Waals surface area contributed by atoms with Crippen LogP contribution in [-0.2, 0) is 24.8 Å². The van der Waals surface area contributed by atoms with Crippen molar-refractivity contribution < 1.29 is 9.53 Å². The van der Waals surface area contributed by atoms with Gasteiger partial charge in [0.05, 0.1) is 19.2 Å². The molecule has 0 aromatic carbocycles. The second-order valence-electron chi connectivity index (χ2n) is 3.57. The summed E-state index contributed by atoms with van der Waals surface area (Å²) in [6.07, 6.45) is 0.282. The zero-order valence-corrected chi connectivity index (χ0v) is 8.74. The number of methoxy groups -OCH3 is 1. The highest BCUT2D eigenvalue weighted by Crippen LogP contribution is 2.14. The molecule has 2 rings (SSSR count). The van der Waals surface area contributed by atoms with Gasteiger partial charge in [0, 0.05) is 25.7 Å². The first-order chi connectivity index (χ1) is 7.13. The zero-order chi connectivity index (χ0) is 11.0. The van der Waals surface area contributed by atoms with E-state index in [0.29, 0.717) is 25.1 Å². The Morgan fingerprint density at radius 1 is 1.53 bits per heavy atom. The lowest BCUT2D eigenvalue weighted by atomic mass is 10.1. The van der Waals surface area contributed by atoms with Crippen LogP contribution in [0.4, 0.5) is 4.79 Å². The number of aromatic nitrogens is 2. The average molecular weight is 211 g/mol. The molecular formula is C9H13N3O3. The van der Waals surface area contributed by atoms with Crippen molar-refractivity contribution in [2.75, 3.05) is 13.7 Å². The molecule has 6 heteroatoms. The van der Waals surface area contributed by atoms with Gasteiger partial charge in [0.1, 0.15) is 0 Å². The number of hydrogen-bond donors (Lipinski definition) is 1. The molecule has 1 amide bonds. The summed E-state index contributed by atoms with van der Waals surface area (Å²) in [5.74, 6) is 0. The maximum atomic E-state index is 11.6. The van der Waals surface area contributed by atoms with Crippen LogP contribution in [-0.4, -0.2) is 34.4 Å². The molecule has 0 bridgehead atoms. The first kappa shape index (κ1) is 9.82. The second-order valence-corrected chi connectivity index (χ2v) is 3.57. The van der Waals surface area contributed by atoms with Crippen molar-refractivity contribution in [3.8, 4) is 0 Å². The van der Waals surface area contributed by atoms with Gasteiger partial charge in [-0.2, -0.15) is 0 Å². The number of nitrogens with zero attached hydrogens (tertiary/aromatic N) is 2. The van der Waals surface area contributed by atoms with E-state index in [1.807, 2.05) is 0 Å². The standard InChI is InChI=1S/C9H13N3O3/c1-11-8(13)6-5-12(9(14)15-2)4-3-7(6)10-11/h10H,3-5H2,1-2H3. The molecule has 0 radical (unpaired) electrons. The Morgan fingerprint density at radius 2 is 2.27 bits per heavy atom. The van der Waals surface area contributed by atoms with E-state index in [-0.39, 0.29) is 11.7 Å². The van der Waals surface area contributed by atoms with E-state index in [4.69, 9.17) is 0 Å². The van der Waals surface area contributed by atoms with Crippen LogP contribution >= 0.6 is 0 Å². The Labute approximate surface area is 86.4 Å². The van der Waals surface area contributed by atoms with Gasteiger partial charge < -0.3 is 9.64 Å². The summed E-state index contributed by atoms with van der Waals surface area (Å²) in [6.45, 7) is 0.914.